The second kappa shape index (κ2) is 5.61. The van der Waals surface area contributed by atoms with E-state index in [1.165, 1.54) is 0 Å². The first kappa shape index (κ1) is 14.8. The highest BCUT2D eigenvalue weighted by Gasteiger charge is 2.30. The molecule has 0 bridgehead atoms. The van der Waals surface area contributed by atoms with Gasteiger partial charge in [0.2, 0.25) is 0 Å². The van der Waals surface area contributed by atoms with Crippen LogP contribution in [0.1, 0.15) is 30.6 Å². The van der Waals surface area contributed by atoms with Gasteiger partial charge in [-0.25, -0.2) is 0 Å². The van der Waals surface area contributed by atoms with Crippen LogP contribution in [0.4, 0.5) is 5.69 Å². The van der Waals surface area contributed by atoms with Gasteiger partial charge in [-0.2, -0.15) is 0 Å². The molecule has 6 nitrogen and oxygen atoms in total. The number of nitrogens with one attached hydrogen (secondary N) is 3. The monoisotopic (exact) mass is 303 g/mol. The highest BCUT2D eigenvalue weighted by Crippen LogP contribution is 2.29. The van der Waals surface area contributed by atoms with Crippen molar-refractivity contribution in [3.05, 3.63) is 23.8 Å². The number of carbonyl (C=O) groups excluding carboxylic acids is 2. The van der Waals surface area contributed by atoms with Crippen molar-refractivity contribution >= 4 is 17.5 Å². The van der Waals surface area contributed by atoms with Crippen LogP contribution in [0.15, 0.2) is 18.2 Å². The van der Waals surface area contributed by atoms with Gasteiger partial charge in [0.15, 0.2) is 6.61 Å². The second-order valence-electron chi connectivity index (χ2n) is 6.70. The van der Waals surface area contributed by atoms with E-state index >= 15 is 0 Å². The van der Waals surface area contributed by atoms with Gasteiger partial charge >= 0.3 is 0 Å². The quantitative estimate of drug-likeness (QED) is 0.782. The summed E-state index contributed by atoms with van der Waals surface area (Å²) in [7, 11) is 0. The van der Waals surface area contributed by atoms with Crippen molar-refractivity contribution in [1.82, 2.24) is 10.6 Å². The standard InChI is InChI=1S/C16H21N3O3/c1-16(2)6-11(18-9-16)7-17-15(21)10-3-4-13-12(5-10)19-14(20)8-22-13/h3-5,11,18H,6-9H2,1-2H3,(H,17,21)(H,19,20)/t11-/m0/s1. The predicted octanol–water partition coefficient (Wildman–Crippen LogP) is 1.14. The van der Waals surface area contributed by atoms with Gasteiger partial charge in [0.25, 0.3) is 11.8 Å². The van der Waals surface area contributed by atoms with Gasteiger partial charge in [-0.15, -0.1) is 0 Å². The minimum atomic E-state index is -0.206. The van der Waals surface area contributed by atoms with Gasteiger partial charge < -0.3 is 20.7 Å². The highest BCUT2D eigenvalue weighted by atomic mass is 16.5. The van der Waals surface area contributed by atoms with E-state index in [1.54, 1.807) is 18.2 Å². The maximum Gasteiger partial charge on any atom is 0.262 e. The average molecular weight is 303 g/mol. The number of rotatable bonds is 3. The number of ether oxygens (including phenoxy) is 1. The van der Waals surface area contributed by atoms with Gasteiger partial charge in [-0.05, 0) is 30.0 Å². The largest absolute Gasteiger partial charge is 0.482 e. The Kier molecular flexibility index (Phi) is 3.78. The molecule has 22 heavy (non-hydrogen) atoms. The van der Waals surface area contributed by atoms with Crippen LogP contribution in [0.5, 0.6) is 5.75 Å². The molecule has 2 amide bonds. The van der Waals surface area contributed by atoms with Gasteiger partial charge in [0.05, 0.1) is 5.69 Å². The summed E-state index contributed by atoms with van der Waals surface area (Å²) in [5.41, 5.74) is 1.34. The van der Waals surface area contributed by atoms with Gasteiger partial charge in [-0.1, -0.05) is 13.8 Å². The lowest BCUT2D eigenvalue weighted by Gasteiger charge is -2.19. The Morgan fingerprint density at radius 2 is 2.27 bits per heavy atom. The smallest absolute Gasteiger partial charge is 0.262 e. The molecule has 1 atom stereocenters. The Bertz CT molecular complexity index is 613. The topological polar surface area (TPSA) is 79.5 Å². The Balaban J connectivity index is 1.61. The Morgan fingerprint density at radius 3 is 3.00 bits per heavy atom. The van der Waals surface area contributed by atoms with Crippen LogP contribution in [0, 0.1) is 5.41 Å². The van der Waals surface area contributed by atoms with Crippen LogP contribution in [-0.4, -0.2) is 37.6 Å². The molecule has 1 aromatic carbocycles. The number of anilines is 1. The highest BCUT2D eigenvalue weighted by molar-refractivity contribution is 5.99. The first-order chi connectivity index (χ1) is 10.4. The van der Waals surface area contributed by atoms with Gasteiger partial charge in [-0.3, -0.25) is 9.59 Å². The number of benzene rings is 1. The molecular weight excluding hydrogens is 282 g/mol. The van der Waals surface area contributed by atoms with E-state index in [0.717, 1.165) is 13.0 Å². The molecule has 0 aliphatic carbocycles. The first-order valence-electron chi connectivity index (χ1n) is 7.51. The summed E-state index contributed by atoms with van der Waals surface area (Å²) < 4.78 is 5.28. The maximum absolute atomic E-state index is 12.2. The molecule has 1 saturated heterocycles. The van der Waals surface area contributed by atoms with Crippen LogP contribution in [-0.2, 0) is 4.79 Å². The molecule has 118 valence electrons. The van der Waals surface area contributed by atoms with Gasteiger partial charge in [0.1, 0.15) is 5.75 Å². The minimum absolute atomic E-state index is 0.0156. The molecule has 0 spiro atoms. The van der Waals surface area contributed by atoms with E-state index < -0.39 is 0 Å². The molecule has 3 rings (SSSR count). The number of hydrogen-bond donors (Lipinski definition) is 3. The third kappa shape index (κ3) is 3.22. The molecule has 1 fully saturated rings. The fourth-order valence-electron chi connectivity index (χ4n) is 2.92. The molecule has 0 saturated carbocycles. The zero-order chi connectivity index (χ0) is 15.7. The summed E-state index contributed by atoms with van der Waals surface area (Å²) in [4.78, 5) is 23.6. The molecule has 0 radical (unpaired) electrons. The van der Waals surface area contributed by atoms with Crippen LogP contribution in [0.25, 0.3) is 0 Å². The molecule has 2 aliphatic rings. The fourth-order valence-corrected chi connectivity index (χ4v) is 2.92. The number of amides is 2. The molecule has 1 aromatic rings. The number of fused-ring (bicyclic) bond motifs is 1. The summed E-state index contributed by atoms with van der Waals surface area (Å²) in [6.45, 7) is 6.02. The molecule has 2 heterocycles. The van der Waals surface area contributed by atoms with E-state index in [-0.39, 0.29) is 23.8 Å². The first-order valence-corrected chi connectivity index (χ1v) is 7.51. The van der Waals surface area contributed by atoms with Crippen molar-refractivity contribution in [2.24, 2.45) is 5.41 Å². The molecule has 0 unspecified atom stereocenters. The summed E-state index contributed by atoms with van der Waals surface area (Å²) in [6.07, 6.45) is 1.04. The van der Waals surface area contributed by atoms with E-state index in [0.29, 0.717) is 29.6 Å². The lowest BCUT2D eigenvalue weighted by atomic mass is 9.91. The lowest BCUT2D eigenvalue weighted by Crippen LogP contribution is -2.37. The zero-order valence-corrected chi connectivity index (χ0v) is 12.9. The van der Waals surface area contributed by atoms with Crippen molar-refractivity contribution in [2.75, 3.05) is 25.0 Å². The summed E-state index contributed by atoms with van der Waals surface area (Å²) >= 11 is 0. The van der Waals surface area contributed by atoms with Crippen molar-refractivity contribution < 1.29 is 14.3 Å². The van der Waals surface area contributed by atoms with Crippen molar-refractivity contribution in [3.8, 4) is 5.75 Å². The Labute approximate surface area is 129 Å². The molecule has 3 N–H and O–H groups in total. The van der Waals surface area contributed by atoms with Crippen molar-refractivity contribution in [1.29, 1.82) is 0 Å². The third-order valence-electron chi connectivity index (χ3n) is 4.05. The normalized spacial score (nSPS) is 22.5. The van der Waals surface area contributed by atoms with Crippen molar-refractivity contribution in [2.45, 2.75) is 26.3 Å². The molecule has 6 heteroatoms. The average Bonchev–Trinajstić information content (AvgIpc) is 2.83. The third-order valence-corrected chi connectivity index (χ3v) is 4.05. The van der Waals surface area contributed by atoms with Crippen LogP contribution in [0.2, 0.25) is 0 Å². The molecule has 2 aliphatic heterocycles. The second-order valence-corrected chi connectivity index (χ2v) is 6.70. The Hall–Kier alpha value is -2.08. The maximum atomic E-state index is 12.2. The van der Waals surface area contributed by atoms with E-state index in [1.807, 2.05) is 0 Å². The van der Waals surface area contributed by atoms with E-state index in [2.05, 4.69) is 29.8 Å². The number of carbonyl (C=O) groups is 2. The van der Waals surface area contributed by atoms with Crippen LogP contribution >= 0.6 is 0 Å². The number of hydrogen-bond acceptors (Lipinski definition) is 4. The molecule has 0 aromatic heterocycles. The molecular formula is C16H21N3O3. The summed E-state index contributed by atoms with van der Waals surface area (Å²) in [6, 6.07) is 5.37. The van der Waals surface area contributed by atoms with Crippen LogP contribution in [0.3, 0.4) is 0 Å². The van der Waals surface area contributed by atoms with Gasteiger partial charge in [0, 0.05) is 24.7 Å². The zero-order valence-electron chi connectivity index (χ0n) is 12.9. The summed E-state index contributed by atoms with van der Waals surface area (Å²) in [5.74, 6) is 0.243. The van der Waals surface area contributed by atoms with Crippen molar-refractivity contribution in [3.63, 3.8) is 0 Å². The summed E-state index contributed by atoms with van der Waals surface area (Å²) in [5, 5.41) is 9.07. The van der Waals surface area contributed by atoms with E-state index in [4.69, 9.17) is 4.74 Å². The minimum Gasteiger partial charge on any atom is -0.482 e. The Morgan fingerprint density at radius 1 is 1.45 bits per heavy atom. The fraction of sp³-hybridized carbons (Fsp3) is 0.500. The van der Waals surface area contributed by atoms with E-state index in [9.17, 15) is 9.59 Å². The SMILES string of the molecule is CC1(C)CN[C@H](CNC(=O)c2ccc3c(c2)NC(=O)CO3)C1. The predicted molar refractivity (Wildman–Crippen MR) is 83.1 cm³/mol. The van der Waals surface area contributed by atoms with Crippen LogP contribution < -0.4 is 20.7 Å². The lowest BCUT2D eigenvalue weighted by molar-refractivity contribution is -0.118.